The van der Waals surface area contributed by atoms with E-state index in [0.717, 1.165) is 45.1 Å². The molecule has 2 fully saturated rings. The SMILES string of the molecule is O=C(NNC(=O)C1CCCCC1)c1ccc(OCC2CCCO2)cc1. The summed E-state index contributed by atoms with van der Waals surface area (Å²) in [7, 11) is 0. The quantitative estimate of drug-likeness (QED) is 0.804. The van der Waals surface area contributed by atoms with Crippen LogP contribution in [0.2, 0.25) is 0 Å². The van der Waals surface area contributed by atoms with Crippen molar-refractivity contribution >= 4 is 11.8 Å². The normalized spacial score (nSPS) is 20.9. The van der Waals surface area contributed by atoms with Crippen molar-refractivity contribution in [2.24, 2.45) is 5.92 Å². The van der Waals surface area contributed by atoms with Crippen molar-refractivity contribution in [2.45, 2.75) is 51.0 Å². The van der Waals surface area contributed by atoms with Crippen molar-refractivity contribution in [1.82, 2.24) is 10.9 Å². The summed E-state index contributed by atoms with van der Waals surface area (Å²) in [4.78, 5) is 24.2. The third kappa shape index (κ3) is 5.19. The van der Waals surface area contributed by atoms with Gasteiger partial charge in [0.2, 0.25) is 5.91 Å². The molecule has 136 valence electrons. The van der Waals surface area contributed by atoms with E-state index >= 15 is 0 Å². The van der Waals surface area contributed by atoms with E-state index in [9.17, 15) is 9.59 Å². The summed E-state index contributed by atoms with van der Waals surface area (Å²) in [6, 6.07) is 6.89. The number of carbonyl (C=O) groups is 2. The average Bonchev–Trinajstić information content (AvgIpc) is 3.19. The van der Waals surface area contributed by atoms with E-state index < -0.39 is 0 Å². The minimum atomic E-state index is -0.324. The van der Waals surface area contributed by atoms with Gasteiger partial charge in [-0.3, -0.25) is 20.4 Å². The van der Waals surface area contributed by atoms with Crippen LogP contribution in [0.15, 0.2) is 24.3 Å². The Hall–Kier alpha value is -2.08. The Balaban J connectivity index is 1.42. The van der Waals surface area contributed by atoms with E-state index in [2.05, 4.69) is 10.9 Å². The van der Waals surface area contributed by atoms with Crippen molar-refractivity contribution < 1.29 is 19.1 Å². The number of amides is 2. The van der Waals surface area contributed by atoms with Crippen LogP contribution in [-0.2, 0) is 9.53 Å². The second-order valence-electron chi connectivity index (χ2n) is 6.75. The van der Waals surface area contributed by atoms with Gasteiger partial charge in [0.1, 0.15) is 12.4 Å². The summed E-state index contributed by atoms with van der Waals surface area (Å²) in [5.74, 6) is 0.306. The van der Waals surface area contributed by atoms with E-state index in [-0.39, 0.29) is 23.8 Å². The van der Waals surface area contributed by atoms with Crippen LogP contribution in [0.4, 0.5) is 0 Å². The molecule has 1 saturated carbocycles. The fraction of sp³-hybridized carbons (Fsp3) is 0.579. The molecule has 0 spiro atoms. The van der Waals surface area contributed by atoms with Gasteiger partial charge >= 0.3 is 0 Å². The minimum absolute atomic E-state index is 0.0163. The van der Waals surface area contributed by atoms with Crippen molar-refractivity contribution in [3.63, 3.8) is 0 Å². The van der Waals surface area contributed by atoms with E-state index in [1.54, 1.807) is 24.3 Å². The van der Waals surface area contributed by atoms with Gasteiger partial charge in [0, 0.05) is 18.1 Å². The summed E-state index contributed by atoms with van der Waals surface area (Å²) in [5, 5.41) is 0. The second kappa shape index (κ2) is 8.85. The number of nitrogens with one attached hydrogen (secondary N) is 2. The number of hydrogen-bond donors (Lipinski definition) is 2. The molecule has 0 bridgehead atoms. The highest BCUT2D eigenvalue weighted by Gasteiger charge is 2.21. The molecule has 2 aliphatic rings. The molecule has 1 atom stereocenters. The number of carbonyl (C=O) groups excluding carboxylic acids is 2. The van der Waals surface area contributed by atoms with Gasteiger partial charge in [-0.25, -0.2) is 0 Å². The van der Waals surface area contributed by atoms with E-state index in [4.69, 9.17) is 9.47 Å². The number of hydrazine groups is 1. The molecule has 25 heavy (non-hydrogen) atoms. The molecule has 1 unspecified atom stereocenters. The molecule has 1 aromatic carbocycles. The largest absolute Gasteiger partial charge is 0.491 e. The van der Waals surface area contributed by atoms with Crippen LogP contribution in [0.3, 0.4) is 0 Å². The van der Waals surface area contributed by atoms with Crippen LogP contribution < -0.4 is 15.6 Å². The lowest BCUT2D eigenvalue weighted by molar-refractivity contribution is -0.126. The van der Waals surface area contributed by atoms with Gasteiger partial charge in [0.25, 0.3) is 5.91 Å². The van der Waals surface area contributed by atoms with Gasteiger partial charge in [-0.2, -0.15) is 0 Å². The van der Waals surface area contributed by atoms with Gasteiger partial charge in [0.05, 0.1) is 6.10 Å². The van der Waals surface area contributed by atoms with E-state index in [1.165, 1.54) is 6.42 Å². The highest BCUT2D eigenvalue weighted by molar-refractivity contribution is 5.95. The second-order valence-corrected chi connectivity index (χ2v) is 6.75. The summed E-state index contributed by atoms with van der Waals surface area (Å²) in [6.45, 7) is 1.34. The molecule has 0 radical (unpaired) electrons. The first kappa shape index (κ1) is 17.7. The molecule has 2 amide bonds. The van der Waals surface area contributed by atoms with Gasteiger partial charge in [-0.05, 0) is 49.9 Å². The van der Waals surface area contributed by atoms with Crippen molar-refractivity contribution in [3.05, 3.63) is 29.8 Å². The van der Waals surface area contributed by atoms with Crippen LogP contribution in [0.25, 0.3) is 0 Å². The fourth-order valence-electron chi connectivity index (χ4n) is 3.32. The van der Waals surface area contributed by atoms with Crippen molar-refractivity contribution in [2.75, 3.05) is 13.2 Å². The zero-order valence-corrected chi connectivity index (χ0v) is 14.5. The van der Waals surface area contributed by atoms with Crippen LogP contribution in [0.5, 0.6) is 5.75 Å². The first-order chi connectivity index (χ1) is 12.2. The van der Waals surface area contributed by atoms with Gasteiger partial charge in [0.15, 0.2) is 0 Å². The summed E-state index contributed by atoms with van der Waals surface area (Å²) >= 11 is 0. The first-order valence-electron chi connectivity index (χ1n) is 9.17. The van der Waals surface area contributed by atoms with Crippen LogP contribution in [-0.4, -0.2) is 31.1 Å². The molecule has 6 nitrogen and oxygen atoms in total. The molecule has 2 N–H and O–H groups in total. The molecular formula is C19H26N2O4. The average molecular weight is 346 g/mol. The fourth-order valence-corrected chi connectivity index (χ4v) is 3.32. The Bertz CT molecular complexity index is 576. The molecule has 6 heteroatoms. The maximum atomic E-state index is 12.1. The van der Waals surface area contributed by atoms with Crippen LogP contribution >= 0.6 is 0 Å². The van der Waals surface area contributed by atoms with Gasteiger partial charge in [-0.15, -0.1) is 0 Å². The zero-order chi connectivity index (χ0) is 17.5. The van der Waals surface area contributed by atoms with Crippen molar-refractivity contribution in [3.8, 4) is 5.75 Å². The monoisotopic (exact) mass is 346 g/mol. The van der Waals surface area contributed by atoms with E-state index in [0.29, 0.717) is 17.9 Å². The maximum absolute atomic E-state index is 12.1. The molecule has 1 aliphatic carbocycles. The lowest BCUT2D eigenvalue weighted by atomic mass is 9.89. The highest BCUT2D eigenvalue weighted by atomic mass is 16.5. The number of ether oxygens (including phenoxy) is 2. The van der Waals surface area contributed by atoms with Crippen LogP contribution in [0.1, 0.15) is 55.3 Å². The summed E-state index contributed by atoms with van der Waals surface area (Å²) < 4.78 is 11.2. The van der Waals surface area contributed by atoms with E-state index in [1.807, 2.05) is 0 Å². The Morgan fingerprint density at radius 3 is 2.44 bits per heavy atom. The first-order valence-corrected chi connectivity index (χ1v) is 9.17. The minimum Gasteiger partial charge on any atom is -0.491 e. The third-order valence-electron chi connectivity index (χ3n) is 4.85. The lowest BCUT2D eigenvalue weighted by Gasteiger charge is -2.20. The molecule has 1 saturated heterocycles. The summed E-state index contributed by atoms with van der Waals surface area (Å²) in [6.07, 6.45) is 7.44. The highest BCUT2D eigenvalue weighted by Crippen LogP contribution is 2.23. The Labute approximate surface area is 148 Å². The summed E-state index contributed by atoms with van der Waals surface area (Å²) in [5.41, 5.74) is 5.51. The van der Waals surface area contributed by atoms with Crippen LogP contribution in [0, 0.1) is 5.92 Å². The Kier molecular flexibility index (Phi) is 6.28. The topological polar surface area (TPSA) is 76.7 Å². The molecule has 1 aliphatic heterocycles. The molecule has 1 heterocycles. The predicted molar refractivity (Wildman–Crippen MR) is 93.1 cm³/mol. The number of rotatable bonds is 5. The zero-order valence-electron chi connectivity index (χ0n) is 14.5. The molecule has 1 aromatic rings. The molecule has 0 aromatic heterocycles. The smallest absolute Gasteiger partial charge is 0.269 e. The predicted octanol–water partition coefficient (Wildman–Crippen LogP) is 2.59. The standard InChI is InChI=1S/C19H26N2O4/c22-18(14-5-2-1-3-6-14)20-21-19(23)15-8-10-16(11-9-15)25-13-17-7-4-12-24-17/h8-11,14,17H,1-7,12-13H2,(H,20,22)(H,21,23). The van der Waals surface area contributed by atoms with Gasteiger partial charge < -0.3 is 9.47 Å². The number of hydrogen-bond acceptors (Lipinski definition) is 4. The Morgan fingerprint density at radius 1 is 1.00 bits per heavy atom. The molecular weight excluding hydrogens is 320 g/mol. The molecule has 3 rings (SSSR count). The van der Waals surface area contributed by atoms with Crippen molar-refractivity contribution in [1.29, 1.82) is 0 Å². The lowest BCUT2D eigenvalue weighted by Crippen LogP contribution is -2.44. The van der Waals surface area contributed by atoms with Gasteiger partial charge in [-0.1, -0.05) is 19.3 Å². The third-order valence-corrected chi connectivity index (χ3v) is 4.85. The maximum Gasteiger partial charge on any atom is 0.269 e. The number of benzene rings is 1. The Morgan fingerprint density at radius 2 is 1.76 bits per heavy atom.